The van der Waals surface area contributed by atoms with E-state index in [-0.39, 0.29) is 18.4 Å². The standard InChI is InChI=1S/C16H21N3O2/c1-10(2)14(15(18)20)19-16(21)13-8-4-6-12(11(13)3)7-5-9-17/h4,6,8,10,14H,9,17H2,1-3H3,(H2,18,20)(H,19,21). The minimum absolute atomic E-state index is 0.0769. The van der Waals surface area contributed by atoms with Crippen LogP contribution >= 0.6 is 0 Å². The minimum atomic E-state index is -0.698. The van der Waals surface area contributed by atoms with Gasteiger partial charge in [-0.25, -0.2) is 0 Å². The SMILES string of the molecule is Cc1c(C#CCN)cccc1C(=O)NC(C(N)=O)C(C)C. The maximum Gasteiger partial charge on any atom is 0.252 e. The van der Waals surface area contributed by atoms with Crippen molar-refractivity contribution >= 4 is 11.8 Å². The zero-order valence-electron chi connectivity index (χ0n) is 12.6. The van der Waals surface area contributed by atoms with E-state index in [1.807, 2.05) is 26.8 Å². The van der Waals surface area contributed by atoms with Crippen molar-refractivity contribution in [3.63, 3.8) is 0 Å². The number of rotatable bonds is 4. The van der Waals surface area contributed by atoms with Crippen molar-refractivity contribution in [1.29, 1.82) is 0 Å². The zero-order chi connectivity index (χ0) is 16.0. The summed E-state index contributed by atoms with van der Waals surface area (Å²) in [4.78, 5) is 23.7. The van der Waals surface area contributed by atoms with Crippen molar-refractivity contribution in [1.82, 2.24) is 5.32 Å². The van der Waals surface area contributed by atoms with E-state index in [4.69, 9.17) is 11.5 Å². The van der Waals surface area contributed by atoms with Crippen molar-refractivity contribution in [2.24, 2.45) is 17.4 Å². The third kappa shape index (κ3) is 4.33. The summed E-state index contributed by atoms with van der Waals surface area (Å²) in [6.45, 7) is 5.72. The Morgan fingerprint density at radius 2 is 2.00 bits per heavy atom. The third-order valence-corrected chi connectivity index (χ3v) is 3.16. The Morgan fingerprint density at radius 3 is 2.52 bits per heavy atom. The zero-order valence-corrected chi connectivity index (χ0v) is 12.6. The van der Waals surface area contributed by atoms with Gasteiger partial charge in [0, 0.05) is 11.1 Å². The van der Waals surface area contributed by atoms with Crippen molar-refractivity contribution in [2.45, 2.75) is 26.8 Å². The predicted molar refractivity (Wildman–Crippen MR) is 82.4 cm³/mol. The molecule has 5 N–H and O–H groups in total. The fourth-order valence-electron chi connectivity index (χ4n) is 1.95. The van der Waals surface area contributed by atoms with E-state index >= 15 is 0 Å². The van der Waals surface area contributed by atoms with Crippen LogP contribution in [0, 0.1) is 24.7 Å². The number of hydrogen-bond acceptors (Lipinski definition) is 3. The van der Waals surface area contributed by atoms with Gasteiger partial charge in [-0.15, -0.1) is 0 Å². The fourth-order valence-corrected chi connectivity index (χ4v) is 1.95. The molecule has 1 atom stereocenters. The van der Waals surface area contributed by atoms with Crippen LogP contribution in [0.4, 0.5) is 0 Å². The summed E-state index contributed by atoms with van der Waals surface area (Å²) in [5.41, 5.74) is 12.6. The highest BCUT2D eigenvalue weighted by Gasteiger charge is 2.23. The van der Waals surface area contributed by atoms with Crippen LogP contribution in [0.2, 0.25) is 0 Å². The molecule has 0 aliphatic carbocycles. The Balaban J connectivity index is 3.05. The summed E-state index contributed by atoms with van der Waals surface area (Å²) >= 11 is 0. The van der Waals surface area contributed by atoms with E-state index < -0.39 is 11.9 Å². The molecule has 0 saturated carbocycles. The van der Waals surface area contributed by atoms with Gasteiger partial charge >= 0.3 is 0 Å². The van der Waals surface area contributed by atoms with E-state index in [0.717, 1.165) is 11.1 Å². The van der Waals surface area contributed by atoms with Gasteiger partial charge in [0.1, 0.15) is 6.04 Å². The quantitative estimate of drug-likeness (QED) is 0.705. The molecule has 1 aromatic rings. The molecule has 5 nitrogen and oxygen atoms in total. The van der Waals surface area contributed by atoms with E-state index in [9.17, 15) is 9.59 Å². The molecule has 0 heterocycles. The normalized spacial score (nSPS) is 11.5. The number of amides is 2. The van der Waals surface area contributed by atoms with Crippen LogP contribution in [0.3, 0.4) is 0 Å². The third-order valence-electron chi connectivity index (χ3n) is 3.16. The number of nitrogens with one attached hydrogen (secondary N) is 1. The predicted octanol–water partition coefficient (Wildman–Crippen LogP) is 0.545. The Bertz CT molecular complexity index is 597. The largest absolute Gasteiger partial charge is 0.368 e. The molecule has 0 fully saturated rings. The molecule has 1 aromatic carbocycles. The monoisotopic (exact) mass is 287 g/mol. The highest BCUT2D eigenvalue weighted by atomic mass is 16.2. The second-order valence-electron chi connectivity index (χ2n) is 5.08. The lowest BCUT2D eigenvalue weighted by molar-refractivity contribution is -0.120. The molecule has 0 radical (unpaired) electrons. The summed E-state index contributed by atoms with van der Waals surface area (Å²) in [5.74, 6) is 4.73. The van der Waals surface area contributed by atoms with Gasteiger partial charge in [-0.3, -0.25) is 9.59 Å². The van der Waals surface area contributed by atoms with Gasteiger partial charge in [0.25, 0.3) is 5.91 Å². The van der Waals surface area contributed by atoms with Crippen LogP contribution in [0.5, 0.6) is 0 Å². The average Bonchev–Trinajstić information content (AvgIpc) is 2.42. The maximum atomic E-state index is 12.3. The molecule has 0 aromatic heterocycles. The van der Waals surface area contributed by atoms with Gasteiger partial charge in [0.05, 0.1) is 6.54 Å². The highest BCUT2D eigenvalue weighted by molar-refractivity contribution is 5.98. The smallest absolute Gasteiger partial charge is 0.252 e. The van der Waals surface area contributed by atoms with Crippen LogP contribution in [0.1, 0.15) is 35.3 Å². The highest BCUT2D eigenvalue weighted by Crippen LogP contribution is 2.14. The molecular formula is C16H21N3O2. The molecule has 0 aliphatic rings. The molecule has 1 rings (SSSR count). The molecule has 0 aliphatic heterocycles. The van der Waals surface area contributed by atoms with Crippen LogP contribution in [0.25, 0.3) is 0 Å². The lowest BCUT2D eigenvalue weighted by Gasteiger charge is -2.19. The number of carbonyl (C=O) groups is 2. The summed E-state index contributed by atoms with van der Waals surface area (Å²) in [6.07, 6.45) is 0. The van der Waals surface area contributed by atoms with Crippen molar-refractivity contribution in [3.05, 3.63) is 34.9 Å². The first-order chi connectivity index (χ1) is 9.88. The Morgan fingerprint density at radius 1 is 1.33 bits per heavy atom. The molecule has 112 valence electrons. The van der Waals surface area contributed by atoms with E-state index in [0.29, 0.717) is 5.56 Å². The first-order valence-electron chi connectivity index (χ1n) is 6.77. The summed E-state index contributed by atoms with van der Waals surface area (Å²) in [7, 11) is 0. The topological polar surface area (TPSA) is 98.2 Å². The maximum absolute atomic E-state index is 12.3. The van der Waals surface area contributed by atoms with Gasteiger partial charge in [-0.1, -0.05) is 31.8 Å². The van der Waals surface area contributed by atoms with Crippen LogP contribution < -0.4 is 16.8 Å². The Labute approximate surface area is 125 Å². The number of primary amides is 1. The van der Waals surface area contributed by atoms with Gasteiger partial charge in [0.2, 0.25) is 5.91 Å². The van der Waals surface area contributed by atoms with Crippen molar-refractivity contribution in [3.8, 4) is 11.8 Å². The first-order valence-corrected chi connectivity index (χ1v) is 6.77. The van der Waals surface area contributed by atoms with Crippen LogP contribution in [-0.4, -0.2) is 24.4 Å². The number of nitrogens with two attached hydrogens (primary N) is 2. The average molecular weight is 287 g/mol. The molecule has 2 amide bonds. The van der Waals surface area contributed by atoms with Gasteiger partial charge < -0.3 is 16.8 Å². The minimum Gasteiger partial charge on any atom is -0.368 e. The van der Waals surface area contributed by atoms with E-state index in [1.54, 1.807) is 12.1 Å². The molecular weight excluding hydrogens is 266 g/mol. The van der Waals surface area contributed by atoms with E-state index in [1.165, 1.54) is 0 Å². The first kappa shape index (κ1) is 16.7. The molecule has 0 spiro atoms. The lowest BCUT2D eigenvalue weighted by atomic mass is 9.99. The summed E-state index contributed by atoms with van der Waals surface area (Å²) in [5, 5.41) is 2.67. The Hall–Kier alpha value is -2.32. The van der Waals surface area contributed by atoms with Gasteiger partial charge in [0.15, 0.2) is 0 Å². The van der Waals surface area contributed by atoms with Crippen LogP contribution in [-0.2, 0) is 4.79 Å². The number of carbonyl (C=O) groups excluding carboxylic acids is 2. The second-order valence-corrected chi connectivity index (χ2v) is 5.08. The van der Waals surface area contributed by atoms with Gasteiger partial charge in [-0.05, 0) is 30.5 Å². The van der Waals surface area contributed by atoms with E-state index in [2.05, 4.69) is 17.2 Å². The Kier molecular flexibility index (Phi) is 5.94. The van der Waals surface area contributed by atoms with Gasteiger partial charge in [-0.2, -0.15) is 0 Å². The van der Waals surface area contributed by atoms with Crippen molar-refractivity contribution < 1.29 is 9.59 Å². The molecule has 5 heteroatoms. The molecule has 0 saturated heterocycles. The fraction of sp³-hybridized carbons (Fsp3) is 0.375. The molecule has 21 heavy (non-hydrogen) atoms. The number of hydrogen-bond donors (Lipinski definition) is 3. The van der Waals surface area contributed by atoms with Crippen LogP contribution in [0.15, 0.2) is 18.2 Å². The lowest BCUT2D eigenvalue weighted by Crippen LogP contribution is -2.47. The summed E-state index contributed by atoms with van der Waals surface area (Å²) in [6, 6.07) is 4.56. The number of benzene rings is 1. The van der Waals surface area contributed by atoms with Crippen molar-refractivity contribution in [2.75, 3.05) is 6.54 Å². The second kappa shape index (κ2) is 7.46. The molecule has 1 unspecified atom stereocenters. The molecule has 0 bridgehead atoms. The summed E-state index contributed by atoms with van der Waals surface area (Å²) < 4.78 is 0.